The van der Waals surface area contributed by atoms with Crippen LogP contribution in [0.25, 0.3) is 0 Å². The number of rotatable bonds is 2. The Morgan fingerprint density at radius 2 is 1.80 bits per heavy atom. The zero-order valence-electron chi connectivity index (χ0n) is 11.4. The Hall–Kier alpha value is -1.74. The van der Waals surface area contributed by atoms with Gasteiger partial charge in [-0.15, -0.1) is 0 Å². The van der Waals surface area contributed by atoms with Gasteiger partial charge in [-0.1, -0.05) is 30.3 Å². The summed E-state index contributed by atoms with van der Waals surface area (Å²) in [6.45, 7) is 0. The van der Waals surface area contributed by atoms with Crippen LogP contribution in [-0.4, -0.2) is 4.98 Å². The van der Waals surface area contributed by atoms with E-state index in [0.29, 0.717) is 5.92 Å². The maximum absolute atomic E-state index is 13.3. The first-order chi connectivity index (χ1) is 9.67. The van der Waals surface area contributed by atoms with Crippen LogP contribution in [0.5, 0.6) is 0 Å². The summed E-state index contributed by atoms with van der Waals surface area (Å²) in [6, 6.07) is 12.1. The Bertz CT molecular complexity index is 575. The molecule has 2 N–H and O–H groups in total. The molecule has 0 amide bonds. The minimum absolute atomic E-state index is 0.308. The molecule has 1 aromatic carbocycles. The number of hydrogen-bond donors (Lipinski definition) is 1. The fourth-order valence-electron chi connectivity index (χ4n) is 3.16. The van der Waals surface area contributed by atoms with Gasteiger partial charge in [0.05, 0.1) is 6.20 Å². The molecule has 2 aromatic rings. The molecule has 0 saturated heterocycles. The van der Waals surface area contributed by atoms with Gasteiger partial charge in [0.25, 0.3) is 0 Å². The fourth-order valence-corrected chi connectivity index (χ4v) is 3.16. The Labute approximate surface area is 118 Å². The van der Waals surface area contributed by atoms with Gasteiger partial charge < -0.3 is 5.73 Å². The molecule has 1 aliphatic rings. The predicted molar refractivity (Wildman–Crippen MR) is 77.7 cm³/mol. The molecule has 0 spiro atoms. The molecule has 1 fully saturated rings. The topological polar surface area (TPSA) is 38.9 Å². The molecule has 0 aliphatic heterocycles. The highest BCUT2D eigenvalue weighted by Gasteiger charge is 2.34. The molecule has 3 rings (SSSR count). The minimum atomic E-state index is -0.430. The lowest BCUT2D eigenvalue weighted by molar-refractivity contribution is 0.275. The van der Waals surface area contributed by atoms with E-state index in [-0.39, 0.29) is 5.82 Å². The molecule has 3 heteroatoms. The van der Waals surface area contributed by atoms with E-state index in [9.17, 15) is 4.39 Å². The second-order valence-corrected chi connectivity index (χ2v) is 5.73. The van der Waals surface area contributed by atoms with Crippen molar-refractivity contribution in [3.63, 3.8) is 0 Å². The fraction of sp³-hybridized carbons (Fsp3) is 0.353. The maximum Gasteiger partial charge on any atom is 0.141 e. The zero-order chi connectivity index (χ0) is 14.0. The van der Waals surface area contributed by atoms with Crippen LogP contribution in [-0.2, 0) is 5.54 Å². The Morgan fingerprint density at radius 3 is 2.45 bits per heavy atom. The Balaban J connectivity index is 1.75. The number of pyridine rings is 1. The van der Waals surface area contributed by atoms with Crippen LogP contribution >= 0.6 is 0 Å². The largest absolute Gasteiger partial charge is 0.321 e. The van der Waals surface area contributed by atoms with Crippen LogP contribution < -0.4 is 5.73 Å². The monoisotopic (exact) mass is 270 g/mol. The molecular formula is C17H19FN2. The molecule has 0 bridgehead atoms. The molecule has 1 heterocycles. The third kappa shape index (κ3) is 2.59. The smallest absolute Gasteiger partial charge is 0.141 e. The van der Waals surface area contributed by atoms with E-state index in [4.69, 9.17) is 5.73 Å². The molecule has 104 valence electrons. The van der Waals surface area contributed by atoms with Gasteiger partial charge in [0.15, 0.2) is 0 Å². The number of nitrogens with two attached hydrogens (primary N) is 1. The summed E-state index contributed by atoms with van der Waals surface area (Å²) in [4.78, 5) is 3.93. The SMILES string of the molecule is NC1(c2cncc(F)c2)CCC(c2ccccc2)CC1. The van der Waals surface area contributed by atoms with E-state index in [2.05, 4.69) is 29.2 Å². The summed E-state index contributed by atoms with van der Waals surface area (Å²) in [7, 11) is 0. The van der Waals surface area contributed by atoms with Crippen molar-refractivity contribution in [2.45, 2.75) is 37.1 Å². The summed E-state index contributed by atoms with van der Waals surface area (Å²) < 4.78 is 13.3. The number of hydrogen-bond acceptors (Lipinski definition) is 2. The lowest BCUT2D eigenvalue weighted by atomic mass is 9.72. The van der Waals surface area contributed by atoms with Crippen molar-refractivity contribution in [1.29, 1.82) is 0 Å². The second kappa shape index (κ2) is 5.33. The summed E-state index contributed by atoms with van der Waals surface area (Å²) in [5.74, 6) is 0.256. The number of halogens is 1. The molecule has 2 nitrogen and oxygen atoms in total. The van der Waals surface area contributed by atoms with E-state index in [1.807, 2.05) is 6.07 Å². The molecule has 0 radical (unpaired) electrons. The van der Waals surface area contributed by atoms with Crippen LogP contribution in [0.15, 0.2) is 48.8 Å². The van der Waals surface area contributed by atoms with Crippen molar-refractivity contribution >= 4 is 0 Å². The van der Waals surface area contributed by atoms with Crippen molar-refractivity contribution in [2.75, 3.05) is 0 Å². The minimum Gasteiger partial charge on any atom is -0.321 e. The third-order valence-electron chi connectivity index (χ3n) is 4.43. The quantitative estimate of drug-likeness (QED) is 0.903. The molecule has 1 saturated carbocycles. The van der Waals surface area contributed by atoms with Crippen LogP contribution in [0.1, 0.15) is 42.7 Å². The summed E-state index contributed by atoms with van der Waals surface area (Å²) >= 11 is 0. The van der Waals surface area contributed by atoms with Gasteiger partial charge in [-0.2, -0.15) is 0 Å². The van der Waals surface area contributed by atoms with Gasteiger partial charge in [-0.25, -0.2) is 4.39 Å². The molecular weight excluding hydrogens is 251 g/mol. The van der Waals surface area contributed by atoms with Crippen molar-refractivity contribution < 1.29 is 4.39 Å². The third-order valence-corrected chi connectivity index (χ3v) is 4.43. The first kappa shape index (κ1) is 13.3. The lowest BCUT2D eigenvalue weighted by Gasteiger charge is -2.37. The van der Waals surface area contributed by atoms with Gasteiger partial charge in [0, 0.05) is 11.7 Å². The van der Waals surface area contributed by atoms with Crippen LogP contribution in [0.3, 0.4) is 0 Å². The van der Waals surface area contributed by atoms with Gasteiger partial charge in [0.1, 0.15) is 5.82 Å². The zero-order valence-corrected chi connectivity index (χ0v) is 11.4. The van der Waals surface area contributed by atoms with Crippen LogP contribution in [0.4, 0.5) is 4.39 Å². The highest BCUT2D eigenvalue weighted by molar-refractivity contribution is 5.25. The van der Waals surface area contributed by atoms with Crippen molar-refractivity contribution in [3.8, 4) is 0 Å². The second-order valence-electron chi connectivity index (χ2n) is 5.73. The normalized spacial score (nSPS) is 26.4. The van der Waals surface area contributed by atoms with E-state index in [0.717, 1.165) is 31.2 Å². The van der Waals surface area contributed by atoms with Crippen molar-refractivity contribution in [1.82, 2.24) is 4.98 Å². The van der Waals surface area contributed by atoms with Gasteiger partial charge in [0.2, 0.25) is 0 Å². The number of benzene rings is 1. The molecule has 0 atom stereocenters. The van der Waals surface area contributed by atoms with Gasteiger partial charge in [-0.3, -0.25) is 4.98 Å². The van der Waals surface area contributed by atoms with Crippen molar-refractivity contribution in [2.24, 2.45) is 5.73 Å². The average molecular weight is 270 g/mol. The summed E-state index contributed by atoms with van der Waals surface area (Å²) in [5, 5.41) is 0. The standard InChI is InChI=1S/C17H19FN2/c18-16-10-15(11-20-12-16)17(19)8-6-14(7-9-17)13-4-2-1-3-5-13/h1-5,10-12,14H,6-9,19H2. The number of nitrogens with zero attached hydrogens (tertiary/aromatic N) is 1. The highest BCUT2D eigenvalue weighted by atomic mass is 19.1. The molecule has 20 heavy (non-hydrogen) atoms. The van der Waals surface area contributed by atoms with Crippen molar-refractivity contribution in [3.05, 3.63) is 65.7 Å². The maximum atomic E-state index is 13.3. The highest BCUT2D eigenvalue weighted by Crippen LogP contribution is 2.41. The van der Waals surface area contributed by atoms with E-state index < -0.39 is 5.54 Å². The van der Waals surface area contributed by atoms with E-state index in [1.165, 1.54) is 17.8 Å². The summed E-state index contributed by atoms with van der Waals surface area (Å²) in [6.07, 6.45) is 6.75. The predicted octanol–water partition coefficient (Wildman–Crippen LogP) is 3.73. The molecule has 1 aromatic heterocycles. The summed E-state index contributed by atoms with van der Waals surface area (Å²) in [5.41, 5.74) is 8.26. The number of aromatic nitrogens is 1. The van der Waals surface area contributed by atoms with Crippen LogP contribution in [0.2, 0.25) is 0 Å². The molecule has 1 aliphatic carbocycles. The van der Waals surface area contributed by atoms with Gasteiger partial charge in [-0.05, 0) is 48.8 Å². The Kier molecular flexibility index (Phi) is 3.53. The first-order valence-electron chi connectivity index (χ1n) is 7.12. The Morgan fingerprint density at radius 1 is 1.10 bits per heavy atom. The first-order valence-corrected chi connectivity index (χ1v) is 7.12. The average Bonchev–Trinajstić information content (AvgIpc) is 2.49. The molecule has 0 unspecified atom stereocenters. The van der Waals surface area contributed by atoms with E-state index >= 15 is 0 Å². The van der Waals surface area contributed by atoms with Gasteiger partial charge >= 0.3 is 0 Å². The van der Waals surface area contributed by atoms with Crippen LogP contribution in [0, 0.1) is 5.82 Å². The lowest BCUT2D eigenvalue weighted by Crippen LogP contribution is -2.40. The van der Waals surface area contributed by atoms with E-state index in [1.54, 1.807) is 6.20 Å².